The van der Waals surface area contributed by atoms with Gasteiger partial charge in [0, 0.05) is 5.69 Å². The van der Waals surface area contributed by atoms with Crippen LogP contribution in [0.4, 0.5) is 11.4 Å². The number of rotatable bonds is 5. The molecule has 0 fully saturated rings. The number of benzene rings is 2. The second kappa shape index (κ2) is 7.23. The number of hydrogen-bond donors (Lipinski definition) is 1. The normalized spacial score (nSPS) is 11.2. The summed E-state index contributed by atoms with van der Waals surface area (Å²) in [5.41, 5.74) is 2.92. The van der Waals surface area contributed by atoms with E-state index < -0.39 is 15.9 Å². The fourth-order valence-electron chi connectivity index (χ4n) is 2.31. The molecule has 0 heterocycles. The molecule has 0 radical (unpaired) electrons. The molecule has 0 aliphatic carbocycles. The van der Waals surface area contributed by atoms with Crippen LogP contribution in [0.1, 0.15) is 11.1 Å². The van der Waals surface area contributed by atoms with Crippen LogP contribution in [0.15, 0.2) is 42.5 Å². The number of halogens is 1. The van der Waals surface area contributed by atoms with Gasteiger partial charge < -0.3 is 5.32 Å². The lowest BCUT2D eigenvalue weighted by Crippen LogP contribution is -2.37. The van der Waals surface area contributed by atoms with Gasteiger partial charge in [-0.2, -0.15) is 0 Å². The predicted octanol–water partition coefficient (Wildman–Crippen LogP) is 3.36. The number of carbonyl (C=O) groups excluding carboxylic acids is 1. The smallest absolute Gasteiger partial charge is 0.245 e. The summed E-state index contributed by atoms with van der Waals surface area (Å²) >= 11 is 6.07. The number of hydrogen-bond acceptors (Lipinski definition) is 3. The molecule has 0 saturated heterocycles. The largest absolute Gasteiger partial charge is 0.324 e. The molecule has 1 amide bonds. The van der Waals surface area contributed by atoms with Crippen molar-refractivity contribution in [3.63, 3.8) is 0 Å². The van der Waals surface area contributed by atoms with Gasteiger partial charge in [-0.25, -0.2) is 8.42 Å². The lowest BCUT2D eigenvalue weighted by atomic mass is 10.1. The third-order valence-electron chi connectivity index (χ3n) is 3.46. The van der Waals surface area contributed by atoms with E-state index in [-0.39, 0.29) is 17.3 Å². The molecule has 0 aliphatic rings. The number of sulfonamides is 1. The van der Waals surface area contributed by atoms with Crippen LogP contribution in [-0.4, -0.2) is 27.1 Å². The highest BCUT2D eigenvalue weighted by atomic mass is 35.5. The molecule has 5 nitrogen and oxygen atoms in total. The Balaban J connectivity index is 2.24. The van der Waals surface area contributed by atoms with Crippen molar-refractivity contribution in [3.05, 3.63) is 58.6 Å². The first-order valence-corrected chi connectivity index (χ1v) is 9.50. The minimum absolute atomic E-state index is 0.266. The molecule has 0 aromatic heterocycles. The van der Waals surface area contributed by atoms with Crippen LogP contribution in [0.5, 0.6) is 0 Å². The molecular formula is C17H19ClN2O3S. The second-order valence-electron chi connectivity index (χ2n) is 5.59. The molecule has 0 spiro atoms. The number of para-hydroxylation sites is 1. The van der Waals surface area contributed by atoms with Crippen LogP contribution in [-0.2, 0) is 14.8 Å². The molecule has 0 bridgehead atoms. The molecule has 1 N–H and O–H groups in total. The lowest BCUT2D eigenvalue weighted by Gasteiger charge is -2.23. The fourth-order valence-corrected chi connectivity index (χ4v) is 3.47. The van der Waals surface area contributed by atoms with E-state index >= 15 is 0 Å². The van der Waals surface area contributed by atoms with Crippen molar-refractivity contribution in [1.82, 2.24) is 0 Å². The van der Waals surface area contributed by atoms with Gasteiger partial charge in [0.1, 0.15) is 6.54 Å². The number of carbonyl (C=O) groups is 1. The average molecular weight is 367 g/mol. The zero-order valence-electron chi connectivity index (χ0n) is 13.7. The summed E-state index contributed by atoms with van der Waals surface area (Å²) in [6, 6.07) is 12.1. The molecule has 128 valence electrons. The van der Waals surface area contributed by atoms with Crippen LogP contribution < -0.4 is 9.62 Å². The topological polar surface area (TPSA) is 66.5 Å². The molecule has 24 heavy (non-hydrogen) atoms. The Labute approximate surface area is 147 Å². The van der Waals surface area contributed by atoms with Gasteiger partial charge in [0.05, 0.1) is 17.0 Å². The zero-order chi connectivity index (χ0) is 17.9. The molecule has 2 rings (SSSR count). The first-order chi connectivity index (χ1) is 11.2. The lowest BCUT2D eigenvalue weighted by molar-refractivity contribution is -0.114. The van der Waals surface area contributed by atoms with E-state index in [0.29, 0.717) is 5.69 Å². The van der Waals surface area contributed by atoms with Crippen molar-refractivity contribution in [1.29, 1.82) is 0 Å². The van der Waals surface area contributed by atoms with Crippen LogP contribution in [0.2, 0.25) is 5.02 Å². The molecular weight excluding hydrogens is 348 g/mol. The number of amides is 1. The number of aryl methyl sites for hydroxylation is 2. The van der Waals surface area contributed by atoms with Crippen LogP contribution in [0.25, 0.3) is 0 Å². The second-order valence-corrected chi connectivity index (χ2v) is 7.90. The highest BCUT2D eigenvalue weighted by Crippen LogP contribution is 2.27. The van der Waals surface area contributed by atoms with E-state index in [9.17, 15) is 13.2 Å². The Morgan fingerprint density at radius 3 is 2.42 bits per heavy atom. The average Bonchev–Trinajstić information content (AvgIpc) is 2.47. The summed E-state index contributed by atoms with van der Waals surface area (Å²) in [6.07, 6.45) is 1.04. The van der Waals surface area contributed by atoms with E-state index in [0.717, 1.165) is 21.7 Å². The maximum Gasteiger partial charge on any atom is 0.245 e. The summed E-state index contributed by atoms with van der Waals surface area (Å²) in [6.45, 7) is 3.49. The Kier molecular flexibility index (Phi) is 5.51. The third kappa shape index (κ3) is 4.49. The summed E-state index contributed by atoms with van der Waals surface area (Å²) in [7, 11) is -3.66. The minimum Gasteiger partial charge on any atom is -0.324 e. The van der Waals surface area contributed by atoms with Gasteiger partial charge in [0.2, 0.25) is 15.9 Å². The highest BCUT2D eigenvalue weighted by molar-refractivity contribution is 7.92. The maximum absolute atomic E-state index is 12.3. The molecule has 0 unspecified atom stereocenters. The van der Waals surface area contributed by atoms with Crippen molar-refractivity contribution in [2.45, 2.75) is 13.8 Å². The molecule has 0 saturated carbocycles. The SMILES string of the molecule is Cc1ccc(NC(=O)CN(c2ccccc2Cl)S(C)(=O)=O)c(C)c1. The van der Waals surface area contributed by atoms with E-state index in [1.54, 1.807) is 30.3 Å². The molecule has 2 aromatic rings. The van der Waals surface area contributed by atoms with Crippen LogP contribution in [0, 0.1) is 13.8 Å². The van der Waals surface area contributed by atoms with Gasteiger partial charge in [0.25, 0.3) is 0 Å². The predicted molar refractivity (Wildman–Crippen MR) is 98.2 cm³/mol. The summed E-state index contributed by atoms with van der Waals surface area (Å²) in [5, 5.41) is 3.01. The van der Waals surface area contributed by atoms with Gasteiger partial charge in [-0.1, -0.05) is 41.4 Å². The maximum atomic E-state index is 12.3. The van der Waals surface area contributed by atoms with Crippen molar-refractivity contribution >= 4 is 38.9 Å². The van der Waals surface area contributed by atoms with Crippen LogP contribution in [0.3, 0.4) is 0 Å². The van der Waals surface area contributed by atoms with Gasteiger partial charge in [0.15, 0.2) is 0 Å². The van der Waals surface area contributed by atoms with Gasteiger partial charge in [-0.15, -0.1) is 0 Å². The summed E-state index contributed by atoms with van der Waals surface area (Å²) in [4.78, 5) is 12.3. The van der Waals surface area contributed by atoms with Crippen molar-refractivity contribution in [3.8, 4) is 0 Å². The Morgan fingerprint density at radius 2 is 1.83 bits per heavy atom. The van der Waals surface area contributed by atoms with Crippen LogP contribution >= 0.6 is 11.6 Å². The fraction of sp³-hybridized carbons (Fsp3) is 0.235. The molecule has 0 aliphatic heterocycles. The minimum atomic E-state index is -3.66. The molecule has 0 atom stereocenters. The van der Waals surface area contributed by atoms with Crippen molar-refractivity contribution in [2.75, 3.05) is 22.4 Å². The Morgan fingerprint density at radius 1 is 1.17 bits per heavy atom. The number of nitrogens with zero attached hydrogens (tertiary/aromatic N) is 1. The van der Waals surface area contributed by atoms with Gasteiger partial charge in [-0.05, 0) is 37.6 Å². The Bertz CT molecular complexity index is 866. The highest BCUT2D eigenvalue weighted by Gasteiger charge is 2.23. The Hall–Kier alpha value is -2.05. The number of anilines is 2. The monoisotopic (exact) mass is 366 g/mol. The summed E-state index contributed by atoms with van der Waals surface area (Å²) < 4.78 is 25.1. The molecule has 7 heteroatoms. The first kappa shape index (κ1) is 18.3. The van der Waals surface area contributed by atoms with Crippen molar-refractivity contribution < 1.29 is 13.2 Å². The van der Waals surface area contributed by atoms with Crippen molar-refractivity contribution in [2.24, 2.45) is 0 Å². The van der Waals surface area contributed by atoms with Gasteiger partial charge >= 0.3 is 0 Å². The first-order valence-electron chi connectivity index (χ1n) is 7.28. The standard InChI is InChI=1S/C17H19ClN2O3S/c1-12-8-9-15(13(2)10-12)19-17(21)11-20(24(3,22)23)16-7-5-4-6-14(16)18/h4-10H,11H2,1-3H3,(H,19,21). The van der Waals surface area contributed by atoms with E-state index in [4.69, 9.17) is 11.6 Å². The summed E-state index contributed by atoms with van der Waals surface area (Å²) in [5.74, 6) is -0.438. The zero-order valence-corrected chi connectivity index (χ0v) is 15.3. The number of nitrogens with one attached hydrogen (secondary N) is 1. The quantitative estimate of drug-likeness (QED) is 0.882. The van der Waals surface area contributed by atoms with Gasteiger partial charge in [-0.3, -0.25) is 9.10 Å². The van der Waals surface area contributed by atoms with E-state index in [1.807, 2.05) is 26.0 Å². The third-order valence-corrected chi connectivity index (χ3v) is 4.91. The van der Waals surface area contributed by atoms with E-state index in [1.165, 1.54) is 0 Å². The van der Waals surface area contributed by atoms with E-state index in [2.05, 4.69) is 5.32 Å². The molecule has 2 aromatic carbocycles.